The number of likely N-dealkylation sites (tertiary alicyclic amines) is 1. The molecule has 0 bridgehead atoms. The van der Waals surface area contributed by atoms with E-state index in [0.717, 1.165) is 49.7 Å². The summed E-state index contributed by atoms with van der Waals surface area (Å²) < 4.78 is 7.83. The molecule has 1 aliphatic carbocycles. The molecule has 28 heavy (non-hydrogen) atoms. The smallest absolute Gasteiger partial charge is 0.227 e. The first-order chi connectivity index (χ1) is 13.7. The van der Waals surface area contributed by atoms with E-state index in [0.29, 0.717) is 18.9 Å². The molecule has 2 fully saturated rings. The Labute approximate surface area is 167 Å². The Morgan fingerprint density at radius 2 is 2.00 bits per heavy atom. The molecule has 5 heteroatoms. The standard InChI is InChI=1S/C23H31N3O2/c1-2-28-21-10-8-18(9-11-21)15-22(27)25-13-4-7-20(17-25)23-24-12-14-26(23)16-19-5-3-6-19/h8-12,14,19-20H,2-7,13,15-17H2,1H3/t20-/m0/s1. The number of ether oxygens (including phenoxy) is 1. The van der Waals surface area contributed by atoms with Crippen molar-refractivity contribution in [2.75, 3.05) is 19.7 Å². The van der Waals surface area contributed by atoms with Gasteiger partial charge in [-0.15, -0.1) is 0 Å². The molecule has 2 heterocycles. The Morgan fingerprint density at radius 3 is 2.71 bits per heavy atom. The molecule has 1 atom stereocenters. The zero-order valence-electron chi connectivity index (χ0n) is 16.8. The largest absolute Gasteiger partial charge is 0.494 e. The molecule has 2 aliphatic rings. The average molecular weight is 382 g/mol. The van der Waals surface area contributed by atoms with Crippen LogP contribution in [0.4, 0.5) is 0 Å². The third kappa shape index (κ3) is 4.40. The monoisotopic (exact) mass is 381 g/mol. The molecule has 0 radical (unpaired) electrons. The molecule has 150 valence electrons. The van der Waals surface area contributed by atoms with Gasteiger partial charge in [0.2, 0.25) is 5.91 Å². The first-order valence-electron chi connectivity index (χ1n) is 10.7. The van der Waals surface area contributed by atoms with Crippen LogP contribution in [0.3, 0.4) is 0 Å². The first kappa shape index (κ1) is 19.0. The molecule has 1 aromatic carbocycles. The summed E-state index contributed by atoms with van der Waals surface area (Å²) in [6.07, 6.45) is 10.7. The minimum atomic E-state index is 0.214. The van der Waals surface area contributed by atoms with Gasteiger partial charge >= 0.3 is 0 Å². The third-order valence-corrected chi connectivity index (χ3v) is 6.16. The molecule has 1 saturated heterocycles. The lowest BCUT2D eigenvalue weighted by molar-refractivity contribution is -0.131. The van der Waals surface area contributed by atoms with E-state index in [1.807, 2.05) is 42.3 Å². The lowest BCUT2D eigenvalue weighted by Crippen LogP contribution is -2.40. The highest BCUT2D eigenvalue weighted by atomic mass is 16.5. The third-order valence-electron chi connectivity index (χ3n) is 6.16. The second-order valence-electron chi connectivity index (χ2n) is 8.17. The van der Waals surface area contributed by atoms with E-state index in [1.54, 1.807) is 0 Å². The zero-order valence-corrected chi connectivity index (χ0v) is 16.8. The average Bonchev–Trinajstić information content (AvgIpc) is 3.15. The van der Waals surface area contributed by atoms with Crippen molar-refractivity contribution < 1.29 is 9.53 Å². The number of piperidine rings is 1. The topological polar surface area (TPSA) is 47.4 Å². The maximum absolute atomic E-state index is 12.9. The summed E-state index contributed by atoms with van der Waals surface area (Å²) in [4.78, 5) is 19.6. The second kappa shape index (κ2) is 8.80. The Bertz CT molecular complexity index is 779. The maximum Gasteiger partial charge on any atom is 0.227 e. The Balaban J connectivity index is 1.36. The van der Waals surface area contributed by atoms with Gasteiger partial charge in [0, 0.05) is 37.9 Å². The number of nitrogens with zero attached hydrogens (tertiary/aromatic N) is 3. The van der Waals surface area contributed by atoms with E-state index >= 15 is 0 Å². The summed E-state index contributed by atoms with van der Waals surface area (Å²) in [6.45, 7) is 5.37. The quantitative estimate of drug-likeness (QED) is 0.727. The number of amides is 1. The predicted octanol–water partition coefficient (Wildman–Crippen LogP) is 4.03. The summed E-state index contributed by atoms with van der Waals surface area (Å²) >= 11 is 0. The van der Waals surface area contributed by atoms with Crippen molar-refractivity contribution in [1.82, 2.24) is 14.5 Å². The molecule has 2 aromatic rings. The Hall–Kier alpha value is -2.30. The van der Waals surface area contributed by atoms with E-state index in [9.17, 15) is 4.79 Å². The summed E-state index contributed by atoms with van der Waals surface area (Å²) in [5.41, 5.74) is 1.04. The SMILES string of the molecule is CCOc1ccc(CC(=O)N2CCC[C@H](c3nccn3CC3CCC3)C2)cc1. The van der Waals surface area contributed by atoms with Gasteiger partial charge in [-0.2, -0.15) is 0 Å². The van der Waals surface area contributed by atoms with Crippen molar-refractivity contribution in [2.24, 2.45) is 5.92 Å². The highest BCUT2D eigenvalue weighted by Crippen LogP contribution is 2.31. The minimum Gasteiger partial charge on any atom is -0.494 e. The molecule has 1 aromatic heterocycles. The highest BCUT2D eigenvalue weighted by molar-refractivity contribution is 5.79. The maximum atomic E-state index is 12.9. The molecule has 0 N–H and O–H groups in total. The molecule has 0 spiro atoms. The van der Waals surface area contributed by atoms with Gasteiger partial charge in [-0.05, 0) is 56.2 Å². The van der Waals surface area contributed by atoms with E-state index < -0.39 is 0 Å². The van der Waals surface area contributed by atoms with E-state index in [2.05, 4.69) is 15.7 Å². The van der Waals surface area contributed by atoms with Crippen LogP contribution in [0.15, 0.2) is 36.7 Å². The van der Waals surface area contributed by atoms with Gasteiger partial charge in [0.15, 0.2) is 0 Å². The lowest BCUT2D eigenvalue weighted by Gasteiger charge is -2.34. The van der Waals surface area contributed by atoms with Gasteiger partial charge in [-0.3, -0.25) is 4.79 Å². The van der Waals surface area contributed by atoms with Crippen molar-refractivity contribution in [3.63, 3.8) is 0 Å². The summed E-state index contributed by atoms with van der Waals surface area (Å²) in [7, 11) is 0. The number of imidazole rings is 1. The predicted molar refractivity (Wildman–Crippen MR) is 109 cm³/mol. The van der Waals surface area contributed by atoms with Gasteiger partial charge in [0.25, 0.3) is 0 Å². The molecule has 1 aliphatic heterocycles. The van der Waals surface area contributed by atoms with Crippen LogP contribution in [0.25, 0.3) is 0 Å². The van der Waals surface area contributed by atoms with E-state index in [4.69, 9.17) is 4.74 Å². The number of rotatable bonds is 7. The van der Waals surface area contributed by atoms with Crippen LogP contribution in [0, 0.1) is 5.92 Å². The van der Waals surface area contributed by atoms with Gasteiger partial charge in [-0.1, -0.05) is 18.6 Å². The number of hydrogen-bond acceptors (Lipinski definition) is 3. The van der Waals surface area contributed by atoms with Crippen LogP contribution < -0.4 is 4.74 Å². The normalized spacial score (nSPS) is 20.0. The number of hydrogen-bond donors (Lipinski definition) is 0. The number of benzene rings is 1. The zero-order chi connectivity index (χ0) is 19.3. The highest BCUT2D eigenvalue weighted by Gasteiger charge is 2.28. The fourth-order valence-corrected chi connectivity index (χ4v) is 4.36. The van der Waals surface area contributed by atoms with Crippen LogP contribution in [0.1, 0.15) is 56.3 Å². The van der Waals surface area contributed by atoms with Crippen molar-refractivity contribution in [3.05, 3.63) is 48.0 Å². The molecular weight excluding hydrogens is 350 g/mol. The second-order valence-corrected chi connectivity index (χ2v) is 8.17. The molecule has 1 amide bonds. The fraction of sp³-hybridized carbons (Fsp3) is 0.565. The number of carbonyl (C=O) groups is 1. The number of aromatic nitrogens is 2. The van der Waals surface area contributed by atoms with E-state index in [-0.39, 0.29) is 5.91 Å². The lowest BCUT2D eigenvalue weighted by atomic mass is 9.85. The summed E-state index contributed by atoms with van der Waals surface area (Å²) in [5.74, 6) is 3.41. The van der Waals surface area contributed by atoms with Gasteiger partial charge in [0.05, 0.1) is 13.0 Å². The van der Waals surface area contributed by atoms with Gasteiger partial charge in [0.1, 0.15) is 11.6 Å². The minimum absolute atomic E-state index is 0.214. The van der Waals surface area contributed by atoms with Crippen LogP contribution in [0.2, 0.25) is 0 Å². The van der Waals surface area contributed by atoms with Crippen LogP contribution in [-0.2, 0) is 17.8 Å². The van der Waals surface area contributed by atoms with Crippen LogP contribution in [0.5, 0.6) is 5.75 Å². The van der Waals surface area contributed by atoms with Crippen molar-refractivity contribution in [3.8, 4) is 5.75 Å². The summed E-state index contributed by atoms with van der Waals surface area (Å²) in [6, 6.07) is 7.88. The van der Waals surface area contributed by atoms with Gasteiger partial charge < -0.3 is 14.2 Å². The molecule has 5 nitrogen and oxygen atoms in total. The van der Waals surface area contributed by atoms with Gasteiger partial charge in [-0.25, -0.2) is 4.98 Å². The van der Waals surface area contributed by atoms with Crippen molar-refractivity contribution >= 4 is 5.91 Å². The Morgan fingerprint density at radius 1 is 1.18 bits per heavy atom. The molecule has 4 rings (SSSR count). The molecule has 1 saturated carbocycles. The first-order valence-corrected chi connectivity index (χ1v) is 10.7. The van der Waals surface area contributed by atoms with Crippen molar-refractivity contribution in [2.45, 2.75) is 57.9 Å². The Kier molecular flexibility index (Phi) is 5.98. The molecular formula is C23H31N3O2. The fourth-order valence-electron chi connectivity index (χ4n) is 4.36. The van der Waals surface area contributed by atoms with Crippen LogP contribution in [-0.4, -0.2) is 40.1 Å². The van der Waals surface area contributed by atoms with Crippen molar-refractivity contribution in [1.29, 1.82) is 0 Å². The number of carbonyl (C=O) groups excluding carboxylic acids is 1. The molecule has 0 unspecified atom stereocenters. The van der Waals surface area contributed by atoms with E-state index in [1.165, 1.54) is 25.1 Å². The summed E-state index contributed by atoms with van der Waals surface area (Å²) in [5, 5.41) is 0. The van der Waals surface area contributed by atoms with Crippen LogP contribution >= 0.6 is 0 Å².